The normalized spacial score (nSPS) is 13.0. The lowest BCUT2D eigenvalue weighted by molar-refractivity contribution is -0.140. The molecule has 2 amide bonds. The summed E-state index contributed by atoms with van der Waals surface area (Å²) in [6, 6.07) is 6.47. The van der Waals surface area contributed by atoms with Gasteiger partial charge in [0.2, 0.25) is 0 Å². The standard InChI is InChI=1S/C23H28N6O4/c1-5-13(4)18(22(31)32)28-23(33)27-15-8-6-7-14(9-15)20(30)16-10-17(12(2)3)29-19(16)21(24)25-11-26-29/h6-13,18H,5H2,1-4H3,(H,31,32)(H2,24,25,26)(H2,27,28,33)/t13?,18-/m0/s1. The van der Waals surface area contributed by atoms with Gasteiger partial charge in [-0.1, -0.05) is 46.2 Å². The summed E-state index contributed by atoms with van der Waals surface area (Å²) in [5.41, 5.74) is 8.34. The van der Waals surface area contributed by atoms with Crippen LogP contribution < -0.4 is 16.4 Å². The molecule has 0 fully saturated rings. The first-order valence-corrected chi connectivity index (χ1v) is 10.7. The lowest BCUT2D eigenvalue weighted by Crippen LogP contribution is -2.46. The first-order valence-electron chi connectivity index (χ1n) is 10.7. The number of rotatable bonds is 8. The van der Waals surface area contributed by atoms with Gasteiger partial charge in [-0.3, -0.25) is 4.79 Å². The number of nitrogens with two attached hydrogens (primary N) is 1. The van der Waals surface area contributed by atoms with E-state index in [1.165, 1.54) is 12.4 Å². The van der Waals surface area contributed by atoms with E-state index in [9.17, 15) is 19.5 Å². The van der Waals surface area contributed by atoms with Gasteiger partial charge in [-0.05, 0) is 30.0 Å². The van der Waals surface area contributed by atoms with E-state index in [0.29, 0.717) is 28.8 Å². The Morgan fingerprint density at radius 3 is 2.55 bits per heavy atom. The number of fused-ring (bicyclic) bond motifs is 1. The Bertz CT molecular complexity index is 1200. The van der Waals surface area contributed by atoms with E-state index in [4.69, 9.17) is 5.73 Å². The average Bonchev–Trinajstić information content (AvgIpc) is 3.18. The number of nitrogens with zero attached hydrogens (tertiary/aromatic N) is 3. The number of ketones is 1. The number of nitrogens with one attached hydrogen (secondary N) is 2. The third-order valence-electron chi connectivity index (χ3n) is 5.59. The van der Waals surface area contributed by atoms with Crippen LogP contribution in [0.2, 0.25) is 0 Å². The zero-order chi connectivity index (χ0) is 24.3. The smallest absolute Gasteiger partial charge is 0.326 e. The minimum absolute atomic E-state index is 0.0951. The van der Waals surface area contributed by atoms with Crippen LogP contribution in [-0.4, -0.2) is 43.5 Å². The van der Waals surface area contributed by atoms with Crippen molar-refractivity contribution < 1.29 is 19.5 Å². The molecule has 3 rings (SSSR count). The molecule has 0 aliphatic rings. The first-order chi connectivity index (χ1) is 15.6. The molecule has 0 bridgehead atoms. The van der Waals surface area contributed by atoms with Crippen molar-refractivity contribution in [2.75, 3.05) is 11.1 Å². The third-order valence-corrected chi connectivity index (χ3v) is 5.59. The number of benzene rings is 1. The molecule has 10 nitrogen and oxygen atoms in total. The van der Waals surface area contributed by atoms with E-state index in [1.54, 1.807) is 35.7 Å². The van der Waals surface area contributed by atoms with Gasteiger partial charge in [0.25, 0.3) is 0 Å². The van der Waals surface area contributed by atoms with Crippen LogP contribution in [0.25, 0.3) is 5.52 Å². The number of aromatic nitrogens is 3. The van der Waals surface area contributed by atoms with Gasteiger partial charge in [0.1, 0.15) is 17.9 Å². The zero-order valence-corrected chi connectivity index (χ0v) is 19.0. The second kappa shape index (κ2) is 9.68. The largest absolute Gasteiger partial charge is 0.480 e. The number of anilines is 2. The molecule has 2 heterocycles. The maximum Gasteiger partial charge on any atom is 0.326 e. The van der Waals surface area contributed by atoms with Gasteiger partial charge < -0.3 is 21.5 Å². The Kier molecular flexibility index (Phi) is 6.95. The van der Waals surface area contributed by atoms with Gasteiger partial charge in [0.05, 0.1) is 5.56 Å². The Labute approximate surface area is 191 Å². The highest BCUT2D eigenvalue weighted by atomic mass is 16.4. The van der Waals surface area contributed by atoms with Crippen LogP contribution in [0, 0.1) is 5.92 Å². The summed E-state index contributed by atoms with van der Waals surface area (Å²) >= 11 is 0. The summed E-state index contributed by atoms with van der Waals surface area (Å²) in [6.07, 6.45) is 1.94. The van der Waals surface area contributed by atoms with E-state index >= 15 is 0 Å². The molecular weight excluding hydrogens is 424 g/mol. The highest BCUT2D eigenvalue weighted by Gasteiger charge is 2.26. The van der Waals surface area contributed by atoms with Crippen LogP contribution in [0.5, 0.6) is 0 Å². The fourth-order valence-corrected chi connectivity index (χ4v) is 3.56. The molecule has 1 unspecified atom stereocenters. The molecule has 0 spiro atoms. The van der Waals surface area contributed by atoms with Crippen molar-refractivity contribution in [1.29, 1.82) is 0 Å². The van der Waals surface area contributed by atoms with E-state index in [1.807, 2.05) is 20.8 Å². The lowest BCUT2D eigenvalue weighted by atomic mass is 9.99. The molecule has 0 aliphatic carbocycles. The molecule has 2 aromatic heterocycles. The maximum atomic E-state index is 13.4. The van der Waals surface area contributed by atoms with Crippen LogP contribution in [0.1, 0.15) is 61.6 Å². The number of amides is 2. The summed E-state index contributed by atoms with van der Waals surface area (Å²) < 4.78 is 1.62. The van der Waals surface area contributed by atoms with Crippen molar-refractivity contribution in [3.8, 4) is 0 Å². The molecule has 5 N–H and O–H groups in total. The quantitative estimate of drug-likeness (QED) is 0.383. The van der Waals surface area contributed by atoms with E-state index in [-0.39, 0.29) is 23.4 Å². The molecule has 10 heteroatoms. The van der Waals surface area contributed by atoms with Crippen LogP contribution in [0.4, 0.5) is 16.3 Å². The van der Waals surface area contributed by atoms with Gasteiger partial charge in [-0.15, -0.1) is 0 Å². The number of carbonyl (C=O) groups excluding carboxylic acids is 2. The Morgan fingerprint density at radius 1 is 1.18 bits per heavy atom. The number of aliphatic carboxylic acids is 1. The molecule has 0 aliphatic heterocycles. The highest BCUT2D eigenvalue weighted by Crippen LogP contribution is 2.27. The van der Waals surface area contributed by atoms with Gasteiger partial charge in [0, 0.05) is 16.9 Å². The van der Waals surface area contributed by atoms with Gasteiger partial charge in [-0.25, -0.2) is 19.1 Å². The van der Waals surface area contributed by atoms with Crippen molar-refractivity contribution in [3.05, 3.63) is 53.5 Å². The highest BCUT2D eigenvalue weighted by molar-refractivity contribution is 6.15. The topological polar surface area (TPSA) is 152 Å². The summed E-state index contributed by atoms with van der Waals surface area (Å²) in [5.74, 6) is -1.36. The van der Waals surface area contributed by atoms with Crippen molar-refractivity contribution in [1.82, 2.24) is 19.9 Å². The molecule has 0 saturated carbocycles. The molecule has 3 aromatic rings. The first kappa shape index (κ1) is 23.7. The molecule has 33 heavy (non-hydrogen) atoms. The van der Waals surface area contributed by atoms with Gasteiger partial charge >= 0.3 is 12.0 Å². The monoisotopic (exact) mass is 452 g/mol. The summed E-state index contributed by atoms with van der Waals surface area (Å²) in [5, 5.41) is 18.7. The predicted octanol–water partition coefficient (Wildman–Crippen LogP) is 3.29. The van der Waals surface area contributed by atoms with Crippen LogP contribution in [0.15, 0.2) is 36.7 Å². The molecule has 174 valence electrons. The second-order valence-corrected chi connectivity index (χ2v) is 8.25. The van der Waals surface area contributed by atoms with E-state index in [0.717, 1.165) is 5.69 Å². The summed E-state index contributed by atoms with van der Waals surface area (Å²) in [6.45, 7) is 7.58. The molecule has 0 saturated heterocycles. The number of hydrogen-bond acceptors (Lipinski definition) is 6. The Morgan fingerprint density at radius 2 is 1.91 bits per heavy atom. The van der Waals surface area contributed by atoms with Crippen molar-refractivity contribution in [2.24, 2.45) is 5.92 Å². The van der Waals surface area contributed by atoms with Gasteiger partial charge in [0.15, 0.2) is 11.6 Å². The van der Waals surface area contributed by atoms with E-state index < -0.39 is 18.0 Å². The number of carbonyl (C=O) groups is 3. The lowest BCUT2D eigenvalue weighted by Gasteiger charge is -2.20. The average molecular weight is 453 g/mol. The minimum Gasteiger partial charge on any atom is -0.480 e. The minimum atomic E-state index is -1.11. The van der Waals surface area contributed by atoms with Crippen molar-refractivity contribution >= 4 is 34.8 Å². The number of nitrogen functional groups attached to an aromatic ring is 1. The number of carboxylic acid groups (broad SMARTS) is 1. The molecule has 1 aromatic carbocycles. The van der Waals surface area contributed by atoms with Gasteiger partial charge in [-0.2, -0.15) is 5.10 Å². The summed E-state index contributed by atoms with van der Waals surface area (Å²) in [7, 11) is 0. The number of urea groups is 1. The number of hydrogen-bond donors (Lipinski definition) is 4. The van der Waals surface area contributed by atoms with Crippen molar-refractivity contribution in [3.63, 3.8) is 0 Å². The fourth-order valence-electron chi connectivity index (χ4n) is 3.56. The maximum absolute atomic E-state index is 13.4. The number of carboxylic acids is 1. The molecule has 2 atom stereocenters. The van der Waals surface area contributed by atoms with E-state index in [2.05, 4.69) is 20.7 Å². The van der Waals surface area contributed by atoms with Crippen LogP contribution >= 0.6 is 0 Å². The Hall–Kier alpha value is -3.95. The van der Waals surface area contributed by atoms with Crippen LogP contribution in [0.3, 0.4) is 0 Å². The Balaban J connectivity index is 1.88. The van der Waals surface area contributed by atoms with Crippen LogP contribution in [-0.2, 0) is 4.79 Å². The zero-order valence-electron chi connectivity index (χ0n) is 19.0. The molecule has 0 radical (unpaired) electrons. The van der Waals surface area contributed by atoms with Crippen molar-refractivity contribution in [2.45, 2.75) is 46.1 Å². The third kappa shape index (κ3) is 4.94. The molecular formula is C23H28N6O4. The summed E-state index contributed by atoms with van der Waals surface area (Å²) in [4.78, 5) is 41.2. The second-order valence-electron chi connectivity index (χ2n) is 8.25. The fraction of sp³-hybridized carbons (Fsp3) is 0.348. The SMILES string of the molecule is CCC(C)[C@H](NC(=O)Nc1cccc(C(=O)c2cc(C(C)C)n3ncnc(N)c23)c1)C(=O)O. The predicted molar refractivity (Wildman–Crippen MR) is 124 cm³/mol.